The van der Waals surface area contributed by atoms with Crippen molar-refractivity contribution >= 4 is 0 Å². The third kappa shape index (κ3) is 2.75. The number of rotatable bonds is 1. The quantitative estimate of drug-likeness (QED) is 0.787. The smallest absolute Gasteiger partial charge is 0.254 e. The van der Waals surface area contributed by atoms with Gasteiger partial charge in [0.25, 0.3) is 5.56 Å². The number of aromatic amines is 1. The summed E-state index contributed by atoms with van der Waals surface area (Å²) in [5.74, 6) is 2.29. The van der Waals surface area contributed by atoms with E-state index in [1.807, 2.05) is 0 Å². The van der Waals surface area contributed by atoms with Crippen molar-refractivity contribution < 1.29 is 0 Å². The molecule has 0 radical (unpaired) electrons. The summed E-state index contributed by atoms with van der Waals surface area (Å²) in [7, 11) is 0. The van der Waals surface area contributed by atoms with E-state index >= 15 is 0 Å². The molecule has 1 fully saturated rings. The first kappa shape index (κ1) is 12.9. The topological polar surface area (TPSA) is 45.8 Å². The van der Waals surface area contributed by atoms with Crippen LogP contribution in [0.4, 0.5) is 0 Å². The number of aromatic nitrogens is 2. The SMILES string of the molecule is CC1CCC(c2nc3c(c(=O)[nH]2)CCCCC3)CC1. The lowest BCUT2D eigenvalue weighted by Crippen LogP contribution is -2.23. The number of aryl methyl sites for hydroxylation is 1. The lowest BCUT2D eigenvalue weighted by Gasteiger charge is -2.25. The second-order valence-corrected chi connectivity index (χ2v) is 6.39. The van der Waals surface area contributed by atoms with Crippen LogP contribution in [-0.2, 0) is 12.8 Å². The van der Waals surface area contributed by atoms with Crippen molar-refractivity contribution in [1.29, 1.82) is 0 Å². The Morgan fingerprint density at radius 2 is 1.79 bits per heavy atom. The fraction of sp³-hybridized carbons (Fsp3) is 0.750. The molecule has 0 atom stereocenters. The van der Waals surface area contributed by atoms with Gasteiger partial charge in [0.05, 0.1) is 5.69 Å². The minimum absolute atomic E-state index is 0.139. The number of hydrogen-bond donors (Lipinski definition) is 1. The fourth-order valence-electron chi connectivity index (χ4n) is 3.53. The van der Waals surface area contributed by atoms with Gasteiger partial charge in [0, 0.05) is 11.5 Å². The highest BCUT2D eigenvalue weighted by molar-refractivity contribution is 5.20. The van der Waals surface area contributed by atoms with Gasteiger partial charge in [0.1, 0.15) is 5.82 Å². The maximum Gasteiger partial charge on any atom is 0.254 e. The van der Waals surface area contributed by atoms with Crippen molar-refractivity contribution in [2.75, 3.05) is 0 Å². The monoisotopic (exact) mass is 260 g/mol. The van der Waals surface area contributed by atoms with Crippen LogP contribution in [0.3, 0.4) is 0 Å². The van der Waals surface area contributed by atoms with E-state index in [1.165, 1.54) is 38.5 Å². The van der Waals surface area contributed by atoms with Crippen molar-refractivity contribution in [2.45, 2.75) is 70.6 Å². The molecule has 0 aromatic carbocycles. The molecule has 104 valence electrons. The number of nitrogens with one attached hydrogen (secondary N) is 1. The summed E-state index contributed by atoms with van der Waals surface area (Å²) in [6, 6.07) is 0. The predicted molar refractivity (Wildman–Crippen MR) is 76.5 cm³/mol. The van der Waals surface area contributed by atoms with E-state index in [1.54, 1.807) is 0 Å². The molecule has 0 amide bonds. The van der Waals surface area contributed by atoms with Crippen LogP contribution in [0.15, 0.2) is 4.79 Å². The van der Waals surface area contributed by atoms with E-state index in [0.717, 1.165) is 42.3 Å². The molecular formula is C16H24N2O. The zero-order valence-corrected chi connectivity index (χ0v) is 11.9. The summed E-state index contributed by atoms with van der Waals surface area (Å²) in [6.07, 6.45) is 10.4. The molecule has 3 heteroatoms. The van der Waals surface area contributed by atoms with Gasteiger partial charge in [-0.1, -0.05) is 26.2 Å². The van der Waals surface area contributed by atoms with Crippen molar-refractivity contribution in [3.05, 3.63) is 27.4 Å². The summed E-state index contributed by atoms with van der Waals surface area (Å²) in [4.78, 5) is 20.2. The highest BCUT2D eigenvalue weighted by Gasteiger charge is 2.23. The summed E-state index contributed by atoms with van der Waals surface area (Å²) < 4.78 is 0. The Labute approximate surface area is 114 Å². The van der Waals surface area contributed by atoms with Crippen LogP contribution in [0, 0.1) is 5.92 Å². The molecule has 1 saturated carbocycles. The van der Waals surface area contributed by atoms with Crippen molar-refractivity contribution in [2.24, 2.45) is 5.92 Å². The van der Waals surface area contributed by atoms with Gasteiger partial charge in [-0.2, -0.15) is 0 Å². The molecule has 1 aromatic rings. The Morgan fingerprint density at radius 1 is 1.05 bits per heavy atom. The minimum Gasteiger partial charge on any atom is -0.310 e. The summed E-state index contributed by atoms with van der Waals surface area (Å²) in [5, 5.41) is 0. The number of hydrogen-bond acceptors (Lipinski definition) is 2. The number of fused-ring (bicyclic) bond motifs is 1. The zero-order chi connectivity index (χ0) is 13.2. The lowest BCUT2D eigenvalue weighted by atomic mass is 9.82. The third-order valence-corrected chi connectivity index (χ3v) is 4.86. The molecule has 3 rings (SSSR count). The van der Waals surface area contributed by atoms with E-state index in [-0.39, 0.29) is 5.56 Å². The molecule has 1 aromatic heterocycles. The second kappa shape index (κ2) is 5.48. The first-order valence-electron chi connectivity index (χ1n) is 7.86. The standard InChI is InChI=1S/C16H24N2O/c1-11-7-9-12(10-8-11)15-17-14-6-4-2-3-5-13(14)16(19)18-15/h11-12H,2-10H2,1H3,(H,17,18,19). The maximum atomic E-state index is 12.2. The Morgan fingerprint density at radius 3 is 2.58 bits per heavy atom. The molecule has 1 N–H and O–H groups in total. The number of nitrogens with zero attached hydrogens (tertiary/aromatic N) is 1. The van der Waals surface area contributed by atoms with Crippen LogP contribution in [0.2, 0.25) is 0 Å². The maximum absolute atomic E-state index is 12.2. The molecule has 0 bridgehead atoms. The summed E-state index contributed by atoms with van der Waals surface area (Å²) in [5.41, 5.74) is 2.20. The van der Waals surface area contributed by atoms with Gasteiger partial charge in [-0.25, -0.2) is 4.98 Å². The van der Waals surface area contributed by atoms with Gasteiger partial charge in [0.15, 0.2) is 0 Å². The molecular weight excluding hydrogens is 236 g/mol. The summed E-state index contributed by atoms with van der Waals surface area (Å²) in [6.45, 7) is 2.32. The van der Waals surface area contributed by atoms with Crippen molar-refractivity contribution in [1.82, 2.24) is 9.97 Å². The molecule has 1 heterocycles. The minimum atomic E-state index is 0.139. The van der Waals surface area contributed by atoms with Crippen molar-refractivity contribution in [3.8, 4) is 0 Å². The average molecular weight is 260 g/mol. The van der Waals surface area contributed by atoms with Crippen molar-refractivity contribution in [3.63, 3.8) is 0 Å². The Kier molecular flexibility index (Phi) is 3.72. The Bertz CT molecular complexity index is 498. The molecule has 0 spiro atoms. The first-order valence-corrected chi connectivity index (χ1v) is 7.86. The van der Waals surface area contributed by atoms with Gasteiger partial charge >= 0.3 is 0 Å². The Hall–Kier alpha value is -1.12. The molecule has 19 heavy (non-hydrogen) atoms. The highest BCUT2D eigenvalue weighted by atomic mass is 16.1. The van der Waals surface area contributed by atoms with E-state index < -0.39 is 0 Å². The normalized spacial score (nSPS) is 27.6. The molecule has 2 aliphatic rings. The van der Waals surface area contributed by atoms with Crippen LogP contribution in [0.25, 0.3) is 0 Å². The van der Waals surface area contributed by atoms with Gasteiger partial charge in [-0.3, -0.25) is 4.79 Å². The first-order chi connectivity index (χ1) is 9.24. The van der Waals surface area contributed by atoms with Crippen LogP contribution < -0.4 is 5.56 Å². The van der Waals surface area contributed by atoms with Crippen LogP contribution >= 0.6 is 0 Å². The van der Waals surface area contributed by atoms with Crippen LogP contribution in [0.1, 0.15) is 74.9 Å². The van der Waals surface area contributed by atoms with E-state index in [4.69, 9.17) is 4.98 Å². The predicted octanol–water partition coefficient (Wildman–Crippen LogP) is 3.33. The molecule has 0 saturated heterocycles. The lowest BCUT2D eigenvalue weighted by molar-refractivity contribution is 0.338. The summed E-state index contributed by atoms with van der Waals surface area (Å²) >= 11 is 0. The molecule has 0 unspecified atom stereocenters. The van der Waals surface area contributed by atoms with Gasteiger partial charge in [0.2, 0.25) is 0 Å². The Balaban J connectivity index is 1.89. The van der Waals surface area contributed by atoms with E-state index in [9.17, 15) is 4.79 Å². The average Bonchev–Trinajstić information content (AvgIpc) is 2.65. The second-order valence-electron chi connectivity index (χ2n) is 6.39. The largest absolute Gasteiger partial charge is 0.310 e. The van der Waals surface area contributed by atoms with E-state index in [2.05, 4.69) is 11.9 Å². The van der Waals surface area contributed by atoms with Gasteiger partial charge in [-0.05, 0) is 44.4 Å². The fourth-order valence-corrected chi connectivity index (χ4v) is 3.53. The molecule has 3 nitrogen and oxygen atoms in total. The zero-order valence-electron chi connectivity index (χ0n) is 11.9. The van der Waals surface area contributed by atoms with E-state index in [0.29, 0.717) is 5.92 Å². The van der Waals surface area contributed by atoms with Crippen LogP contribution in [0.5, 0.6) is 0 Å². The van der Waals surface area contributed by atoms with Gasteiger partial charge in [-0.15, -0.1) is 0 Å². The molecule has 0 aliphatic heterocycles. The van der Waals surface area contributed by atoms with Crippen LogP contribution in [-0.4, -0.2) is 9.97 Å². The number of H-pyrrole nitrogens is 1. The highest BCUT2D eigenvalue weighted by Crippen LogP contribution is 2.33. The van der Waals surface area contributed by atoms with Gasteiger partial charge < -0.3 is 4.98 Å². The third-order valence-electron chi connectivity index (χ3n) is 4.86. The molecule has 2 aliphatic carbocycles.